The SMILES string of the molecule is CC1(C)CC(c2ccccc2N(O)C(=O)O)CC(C)(C)N1. The Morgan fingerprint density at radius 3 is 2.24 bits per heavy atom. The number of amides is 1. The number of para-hydroxylation sites is 1. The third-order valence-corrected chi connectivity index (χ3v) is 3.98. The lowest BCUT2D eigenvalue weighted by Crippen LogP contribution is -2.57. The van der Waals surface area contributed by atoms with Gasteiger partial charge in [0.15, 0.2) is 0 Å². The van der Waals surface area contributed by atoms with Crippen molar-refractivity contribution in [3.8, 4) is 0 Å². The minimum absolute atomic E-state index is 0.0387. The van der Waals surface area contributed by atoms with Gasteiger partial charge in [0.1, 0.15) is 0 Å². The smallest absolute Gasteiger partial charge is 0.436 e. The normalized spacial score (nSPS) is 21.0. The fourth-order valence-corrected chi connectivity index (χ4v) is 3.67. The van der Waals surface area contributed by atoms with E-state index in [1.807, 2.05) is 12.1 Å². The van der Waals surface area contributed by atoms with Crippen molar-refractivity contribution in [2.75, 3.05) is 5.06 Å². The lowest BCUT2D eigenvalue weighted by molar-refractivity contribution is 0.155. The second-order valence-corrected chi connectivity index (χ2v) is 7.15. The Labute approximate surface area is 125 Å². The van der Waals surface area contributed by atoms with Gasteiger partial charge in [0, 0.05) is 11.1 Å². The molecule has 0 radical (unpaired) electrons. The Bertz CT molecular complexity index is 524. The lowest BCUT2D eigenvalue weighted by atomic mass is 9.73. The predicted octanol–water partition coefficient (Wildman–Crippen LogP) is 3.58. The second kappa shape index (κ2) is 5.31. The number of hydroxylamine groups is 1. The monoisotopic (exact) mass is 292 g/mol. The first-order valence-corrected chi connectivity index (χ1v) is 7.21. The fraction of sp³-hybridized carbons (Fsp3) is 0.562. The Morgan fingerprint density at radius 2 is 1.71 bits per heavy atom. The summed E-state index contributed by atoms with van der Waals surface area (Å²) >= 11 is 0. The van der Waals surface area contributed by atoms with E-state index in [4.69, 9.17) is 5.11 Å². The molecule has 2 rings (SSSR count). The topological polar surface area (TPSA) is 72.8 Å². The molecule has 21 heavy (non-hydrogen) atoms. The molecule has 1 fully saturated rings. The number of rotatable bonds is 2. The van der Waals surface area contributed by atoms with Crippen molar-refractivity contribution >= 4 is 11.8 Å². The van der Waals surface area contributed by atoms with E-state index in [1.165, 1.54) is 0 Å². The quantitative estimate of drug-likeness (QED) is 0.575. The molecular weight excluding hydrogens is 268 g/mol. The number of carboxylic acid groups (broad SMARTS) is 1. The van der Waals surface area contributed by atoms with Crippen LogP contribution < -0.4 is 10.4 Å². The van der Waals surface area contributed by atoms with Crippen LogP contribution in [-0.4, -0.2) is 27.5 Å². The number of hydrogen-bond acceptors (Lipinski definition) is 3. The van der Waals surface area contributed by atoms with Crippen LogP contribution in [0.4, 0.5) is 10.5 Å². The van der Waals surface area contributed by atoms with Crippen molar-refractivity contribution in [3.05, 3.63) is 29.8 Å². The van der Waals surface area contributed by atoms with E-state index in [0.717, 1.165) is 18.4 Å². The minimum atomic E-state index is -1.37. The molecule has 0 spiro atoms. The van der Waals surface area contributed by atoms with Crippen LogP contribution in [-0.2, 0) is 0 Å². The summed E-state index contributed by atoms with van der Waals surface area (Å²) < 4.78 is 0. The Kier molecular flexibility index (Phi) is 4.00. The molecule has 116 valence electrons. The van der Waals surface area contributed by atoms with Crippen LogP contribution in [0, 0.1) is 0 Å². The summed E-state index contributed by atoms with van der Waals surface area (Å²) in [7, 11) is 0. The van der Waals surface area contributed by atoms with Crippen LogP contribution in [0.3, 0.4) is 0 Å². The number of carbonyl (C=O) groups is 1. The van der Waals surface area contributed by atoms with Gasteiger partial charge in [-0.1, -0.05) is 18.2 Å². The van der Waals surface area contributed by atoms with Crippen LogP contribution in [0.25, 0.3) is 0 Å². The van der Waals surface area contributed by atoms with E-state index in [9.17, 15) is 10.0 Å². The molecule has 1 saturated heterocycles. The molecule has 1 aromatic rings. The van der Waals surface area contributed by atoms with Gasteiger partial charge in [-0.3, -0.25) is 5.21 Å². The first-order valence-electron chi connectivity index (χ1n) is 7.21. The number of hydrogen-bond donors (Lipinski definition) is 3. The molecule has 0 atom stereocenters. The van der Waals surface area contributed by atoms with Crippen LogP contribution in [0.5, 0.6) is 0 Å². The summed E-state index contributed by atoms with van der Waals surface area (Å²) in [5.41, 5.74) is 1.15. The molecule has 5 nitrogen and oxygen atoms in total. The molecule has 1 aliphatic heterocycles. The van der Waals surface area contributed by atoms with Gasteiger partial charge in [-0.2, -0.15) is 5.06 Å². The largest absolute Gasteiger partial charge is 0.463 e. The third kappa shape index (κ3) is 3.54. The number of nitrogens with one attached hydrogen (secondary N) is 1. The molecule has 1 heterocycles. The molecule has 5 heteroatoms. The molecule has 0 unspecified atom stereocenters. The van der Waals surface area contributed by atoms with Crippen molar-refractivity contribution in [2.24, 2.45) is 0 Å². The van der Waals surface area contributed by atoms with Gasteiger partial charge in [0.05, 0.1) is 5.69 Å². The van der Waals surface area contributed by atoms with Crippen LogP contribution in [0.15, 0.2) is 24.3 Å². The zero-order valence-corrected chi connectivity index (χ0v) is 13.1. The first kappa shape index (κ1) is 15.8. The van der Waals surface area contributed by atoms with Crippen molar-refractivity contribution in [1.82, 2.24) is 5.32 Å². The van der Waals surface area contributed by atoms with Gasteiger partial charge >= 0.3 is 6.09 Å². The summed E-state index contributed by atoms with van der Waals surface area (Å²) in [4.78, 5) is 11.1. The average molecular weight is 292 g/mol. The van der Waals surface area contributed by atoms with E-state index >= 15 is 0 Å². The molecule has 0 saturated carbocycles. The van der Waals surface area contributed by atoms with Crippen molar-refractivity contribution in [1.29, 1.82) is 0 Å². The Morgan fingerprint density at radius 1 is 1.19 bits per heavy atom. The van der Waals surface area contributed by atoms with Gasteiger partial charge < -0.3 is 10.4 Å². The van der Waals surface area contributed by atoms with E-state index in [-0.39, 0.29) is 17.0 Å². The number of piperidine rings is 1. The first-order chi connectivity index (χ1) is 9.61. The molecular formula is C16H24N2O3. The summed E-state index contributed by atoms with van der Waals surface area (Å²) in [5, 5.41) is 22.7. The second-order valence-electron chi connectivity index (χ2n) is 7.15. The van der Waals surface area contributed by atoms with E-state index in [1.54, 1.807) is 12.1 Å². The van der Waals surface area contributed by atoms with Gasteiger partial charge in [0.2, 0.25) is 0 Å². The third-order valence-electron chi connectivity index (χ3n) is 3.98. The zero-order chi connectivity index (χ0) is 15.8. The molecule has 3 N–H and O–H groups in total. The highest BCUT2D eigenvalue weighted by Crippen LogP contribution is 2.42. The molecule has 1 aromatic carbocycles. The van der Waals surface area contributed by atoms with Crippen molar-refractivity contribution in [2.45, 2.75) is 57.5 Å². The molecule has 1 aliphatic rings. The minimum Gasteiger partial charge on any atom is -0.463 e. The maximum Gasteiger partial charge on any atom is 0.436 e. The van der Waals surface area contributed by atoms with Crippen LogP contribution >= 0.6 is 0 Å². The maximum absolute atomic E-state index is 11.1. The van der Waals surface area contributed by atoms with Gasteiger partial charge in [-0.25, -0.2) is 4.79 Å². The Balaban J connectivity index is 2.40. The summed E-state index contributed by atoms with van der Waals surface area (Å²) in [6.07, 6.45) is 0.414. The van der Waals surface area contributed by atoms with Crippen LogP contribution in [0.2, 0.25) is 0 Å². The van der Waals surface area contributed by atoms with Gasteiger partial charge in [-0.15, -0.1) is 0 Å². The predicted molar refractivity (Wildman–Crippen MR) is 82.0 cm³/mol. The number of benzene rings is 1. The summed E-state index contributed by atoms with van der Waals surface area (Å²) in [5.74, 6) is 0.196. The fourth-order valence-electron chi connectivity index (χ4n) is 3.67. The highest BCUT2D eigenvalue weighted by molar-refractivity contribution is 5.84. The van der Waals surface area contributed by atoms with E-state index < -0.39 is 6.09 Å². The zero-order valence-electron chi connectivity index (χ0n) is 13.1. The van der Waals surface area contributed by atoms with Gasteiger partial charge in [-0.05, 0) is 58.1 Å². The Hall–Kier alpha value is -1.59. The van der Waals surface area contributed by atoms with Crippen molar-refractivity contribution in [3.63, 3.8) is 0 Å². The summed E-state index contributed by atoms with van der Waals surface area (Å²) in [6, 6.07) is 7.17. The standard InChI is InChI=1S/C16H24N2O3/c1-15(2)9-11(10-16(3,4)17-15)12-7-5-6-8-13(12)18(21)14(19)20/h5-8,11,17,21H,9-10H2,1-4H3,(H,19,20). The van der Waals surface area contributed by atoms with E-state index in [0.29, 0.717) is 10.8 Å². The van der Waals surface area contributed by atoms with Crippen molar-refractivity contribution < 1.29 is 15.1 Å². The maximum atomic E-state index is 11.1. The van der Waals surface area contributed by atoms with Crippen LogP contribution in [0.1, 0.15) is 52.0 Å². The number of anilines is 1. The molecule has 1 amide bonds. The lowest BCUT2D eigenvalue weighted by Gasteiger charge is -2.47. The van der Waals surface area contributed by atoms with Gasteiger partial charge in [0.25, 0.3) is 0 Å². The summed E-state index contributed by atoms with van der Waals surface area (Å²) in [6.45, 7) is 8.60. The highest BCUT2D eigenvalue weighted by Gasteiger charge is 2.39. The molecule has 0 aliphatic carbocycles. The number of nitrogens with zero attached hydrogens (tertiary/aromatic N) is 1. The molecule has 0 bridgehead atoms. The van der Waals surface area contributed by atoms with E-state index in [2.05, 4.69) is 33.0 Å². The molecule has 0 aromatic heterocycles. The highest BCUT2D eigenvalue weighted by atomic mass is 16.6. The average Bonchev–Trinajstić information content (AvgIpc) is 2.34.